The zero-order valence-electron chi connectivity index (χ0n) is 25.4. The Labute approximate surface area is 336 Å². The Morgan fingerprint density at radius 2 is 1.66 bits per heavy atom. The first kappa shape index (κ1) is 38.8. The molecule has 0 spiro atoms. The van der Waals surface area contributed by atoms with Crippen molar-refractivity contribution in [1.82, 2.24) is 0 Å². The molecule has 1 aliphatic rings. The van der Waals surface area contributed by atoms with E-state index in [1.165, 1.54) is 11.8 Å². The molecule has 0 atom stereocenters. The third-order valence-corrected chi connectivity index (χ3v) is 11.6. The average Bonchev–Trinajstić information content (AvgIpc) is 3.50. The molecule has 4 aromatic rings. The summed E-state index contributed by atoms with van der Waals surface area (Å²) in [5.41, 5.74) is 4.00. The molecule has 242 valence electrons. The van der Waals surface area contributed by atoms with Gasteiger partial charge in [0.2, 0.25) is 0 Å². The van der Waals surface area contributed by atoms with Gasteiger partial charge in [-0.2, -0.15) is 8.42 Å². The van der Waals surface area contributed by atoms with E-state index in [1.807, 2.05) is 77.7 Å². The van der Waals surface area contributed by atoms with E-state index in [1.54, 1.807) is 17.4 Å². The van der Waals surface area contributed by atoms with Gasteiger partial charge in [-0.1, -0.05) is 83.5 Å². The second-order valence-electron chi connectivity index (χ2n) is 10.7. The maximum Gasteiger partial charge on any atom is 1.00 e. The van der Waals surface area contributed by atoms with Crippen molar-refractivity contribution >= 4 is 88.4 Å². The van der Waals surface area contributed by atoms with Crippen LogP contribution in [-0.2, 0) is 33.1 Å². The predicted molar refractivity (Wildman–Crippen MR) is 191 cm³/mol. The number of hydrogen-bond donors (Lipinski definition) is 1. The third kappa shape index (κ3) is 11.5. The molecule has 5 rings (SSSR count). The van der Waals surface area contributed by atoms with E-state index in [-0.39, 0.29) is 70.0 Å². The second-order valence-corrected chi connectivity index (χ2v) is 16.8. The van der Waals surface area contributed by atoms with Gasteiger partial charge in [0, 0.05) is 36.8 Å². The molecular weight excluding hydrogens is 745 g/mol. The number of allylic oxidation sites excluding steroid dienone is 4. The molecule has 2 heterocycles. The number of anilines is 1. The molecule has 3 aromatic carbocycles. The van der Waals surface area contributed by atoms with Gasteiger partial charge in [-0.15, -0.1) is 11.3 Å². The van der Waals surface area contributed by atoms with Crippen LogP contribution in [0.2, 0.25) is 10.0 Å². The Kier molecular flexibility index (Phi) is 14.3. The van der Waals surface area contributed by atoms with E-state index in [4.69, 9.17) is 23.2 Å². The van der Waals surface area contributed by atoms with Gasteiger partial charge >= 0.3 is 51.4 Å². The van der Waals surface area contributed by atoms with E-state index in [0.717, 1.165) is 47.3 Å². The number of benzene rings is 3. The summed E-state index contributed by atoms with van der Waals surface area (Å²) in [6, 6.07) is 21.2. The van der Waals surface area contributed by atoms with Crippen molar-refractivity contribution in [3.8, 4) is 0 Å². The molecule has 0 saturated heterocycles. The number of fused-ring (bicyclic) bond motifs is 2. The van der Waals surface area contributed by atoms with E-state index in [0.29, 0.717) is 29.4 Å². The van der Waals surface area contributed by atoms with Crippen LogP contribution in [0.1, 0.15) is 28.8 Å². The molecule has 0 unspecified atom stereocenters. The van der Waals surface area contributed by atoms with Crippen molar-refractivity contribution < 1.29 is 77.3 Å². The van der Waals surface area contributed by atoms with Gasteiger partial charge < -0.3 is 9.45 Å². The Bertz CT molecular complexity index is 2050. The molecule has 0 bridgehead atoms. The maximum absolute atomic E-state index is 11.4. The average molecular weight is 775 g/mol. The number of hydrogen-bond acceptors (Lipinski definition) is 8. The van der Waals surface area contributed by atoms with Crippen LogP contribution in [0.3, 0.4) is 0 Å². The molecule has 47 heavy (non-hydrogen) atoms. The first-order valence-electron chi connectivity index (χ1n) is 14.3. The van der Waals surface area contributed by atoms with Crippen LogP contribution < -0.4 is 56.3 Å². The number of rotatable bonds is 13. The number of halogens is 2. The summed E-state index contributed by atoms with van der Waals surface area (Å²) in [7, 11) is -8.41. The van der Waals surface area contributed by atoms with Crippen molar-refractivity contribution in [1.29, 1.82) is 0 Å². The Morgan fingerprint density at radius 3 is 2.38 bits per heavy atom. The van der Waals surface area contributed by atoms with Crippen molar-refractivity contribution in [2.75, 3.05) is 23.0 Å². The molecule has 0 aliphatic carbocycles. The molecule has 1 N–H and O–H groups in total. The molecule has 0 amide bonds. The fraction of sp³-hybridized carbons (Fsp3) is 0.212. The van der Waals surface area contributed by atoms with Gasteiger partial charge in [-0.3, -0.25) is 4.55 Å². The van der Waals surface area contributed by atoms with Gasteiger partial charge in [0.05, 0.1) is 26.6 Å². The van der Waals surface area contributed by atoms with Crippen LogP contribution in [0.4, 0.5) is 5.69 Å². The largest absolute Gasteiger partial charge is 1.00 e. The molecule has 14 heteroatoms. The van der Waals surface area contributed by atoms with E-state index < -0.39 is 26.0 Å². The molecule has 0 fully saturated rings. The number of nitrogens with zero attached hydrogens (tertiary/aromatic N) is 1. The van der Waals surface area contributed by atoms with Crippen LogP contribution in [0.15, 0.2) is 100 Å². The summed E-state index contributed by atoms with van der Waals surface area (Å²) < 4.78 is 66.9. The standard InChI is InChI=1S/C33H31Cl2NO6S4.K/c34-25-11-13-28-27(8-4-18-45(37,38)39)30(43-31(28)21-25)15-9-24(20-23-6-2-1-3-7-23)10-16-33-36(17-5-19-46(40,41)42)29-14-12-26(35)22-32(29)44-33;/h1-3,6-7,9-16,21-22H,4-5,8,17-20H2,(H,37,38,39)(H,40,41,42);/q;+1/p-1/b15-9+,24-10-,33-16-;. The number of thiophene rings is 1. The van der Waals surface area contributed by atoms with Crippen molar-refractivity contribution in [2.24, 2.45) is 0 Å². The van der Waals surface area contributed by atoms with Crippen LogP contribution in [0, 0.1) is 0 Å². The molecule has 0 radical (unpaired) electrons. The predicted octanol–water partition coefficient (Wildman–Crippen LogP) is 5.60. The summed E-state index contributed by atoms with van der Waals surface area (Å²) in [5, 5.41) is 3.07. The second kappa shape index (κ2) is 17.3. The topological polar surface area (TPSA) is 115 Å². The van der Waals surface area contributed by atoms with Gasteiger partial charge in [0.25, 0.3) is 10.1 Å². The minimum Gasteiger partial charge on any atom is -0.748 e. The summed E-state index contributed by atoms with van der Waals surface area (Å²) in [5.74, 6) is -0.772. The normalized spacial score (nSPS) is 14.7. The Balaban J connectivity index is 0.00000500. The summed E-state index contributed by atoms with van der Waals surface area (Å²) in [6.45, 7) is 0.351. The fourth-order valence-electron chi connectivity index (χ4n) is 5.17. The number of thioether (sulfide) groups is 1. The smallest absolute Gasteiger partial charge is 0.748 e. The summed E-state index contributed by atoms with van der Waals surface area (Å²) >= 11 is 15.6. The van der Waals surface area contributed by atoms with Crippen molar-refractivity contribution in [3.63, 3.8) is 0 Å². The number of aryl methyl sites for hydroxylation is 1. The fourth-order valence-corrected chi connectivity index (χ4v) is 8.96. The quantitative estimate of drug-likeness (QED) is 0.106. The van der Waals surface area contributed by atoms with Gasteiger partial charge in [-0.05, 0) is 90.3 Å². The van der Waals surface area contributed by atoms with Gasteiger partial charge in [-0.25, -0.2) is 8.42 Å². The van der Waals surface area contributed by atoms with Crippen LogP contribution >= 0.6 is 46.3 Å². The minimum atomic E-state index is -4.33. The van der Waals surface area contributed by atoms with Gasteiger partial charge in [0.15, 0.2) is 0 Å². The first-order chi connectivity index (χ1) is 21.8. The van der Waals surface area contributed by atoms with Crippen molar-refractivity contribution in [2.45, 2.75) is 30.6 Å². The zero-order valence-corrected chi connectivity index (χ0v) is 33.3. The van der Waals surface area contributed by atoms with E-state index in [2.05, 4.69) is 12.1 Å². The Morgan fingerprint density at radius 1 is 0.936 bits per heavy atom. The zero-order chi connectivity index (χ0) is 32.9. The van der Waals surface area contributed by atoms with E-state index in [9.17, 15) is 25.9 Å². The molecule has 1 aliphatic heterocycles. The van der Waals surface area contributed by atoms with E-state index >= 15 is 0 Å². The minimum absolute atomic E-state index is 0. The summed E-state index contributed by atoms with van der Waals surface area (Å²) in [6.07, 6.45) is 9.65. The third-order valence-electron chi connectivity index (χ3n) is 7.22. The van der Waals surface area contributed by atoms with Crippen LogP contribution in [0.5, 0.6) is 0 Å². The van der Waals surface area contributed by atoms with Gasteiger partial charge in [0.1, 0.15) is 0 Å². The maximum atomic E-state index is 11.4. The molecule has 1 aromatic heterocycles. The van der Waals surface area contributed by atoms with Crippen LogP contribution in [-0.4, -0.2) is 44.0 Å². The Hall–Kier alpha value is -0.974. The monoisotopic (exact) mass is 773 g/mol. The van der Waals surface area contributed by atoms with Crippen molar-refractivity contribution in [3.05, 3.63) is 122 Å². The molecule has 0 saturated carbocycles. The SMILES string of the molecule is O=S(=O)([O-])CCCN1/C(=C/C=C(/C=C/c2sc3cc(Cl)ccc3c2CCCS(=O)(=O)O)Cc2ccccc2)Sc2cc(Cl)ccc21.[K+]. The molecular formula is C33H30Cl2KNO6S4. The molecule has 7 nitrogen and oxygen atoms in total. The summed E-state index contributed by atoms with van der Waals surface area (Å²) in [4.78, 5) is 3.91. The first-order valence-corrected chi connectivity index (χ1v) is 19.9. The van der Waals surface area contributed by atoms with Crippen LogP contribution in [0.25, 0.3) is 16.2 Å².